The van der Waals surface area contributed by atoms with Crippen LogP contribution in [-0.4, -0.2) is 54.2 Å². The molecule has 0 spiro atoms. The van der Waals surface area contributed by atoms with Gasteiger partial charge in [-0.1, -0.05) is 81.4 Å². The van der Waals surface area contributed by atoms with Crippen LogP contribution in [0.1, 0.15) is 116 Å². The van der Waals surface area contributed by atoms with Crippen LogP contribution in [0.4, 0.5) is 13.2 Å². The molecule has 0 aliphatic heterocycles. The lowest BCUT2D eigenvalue weighted by molar-refractivity contribution is -0.290. The Morgan fingerprint density at radius 3 is 1.91 bits per heavy atom. The number of aliphatic hydroxyl groups is 1. The van der Waals surface area contributed by atoms with Crippen LogP contribution in [0.15, 0.2) is 60.7 Å². The maximum atomic E-state index is 13.8. The van der Waals surface area contributed by atoms with Gasteiger partial charge in [-0.25, -0.2) is 0 Å². The van der Waals surface area contributed by atoms with Gasteiger partial charge in [0.25, 0.3) is 0 Å². The fourth-order valence-electron chi connectivity index (χ4n) is 11.6. The van der Waals surface area contributed by atoms with Crippen LogP contribution in [0.5, 0.6) is 0 Å². The number of halogens is 3. The number of carbonyl (C=O) groups excluding carboxylic acids is 2. The number of rotatable bonds is 16. The molecule has 0 aromatic heterocycles. The molecule has 0 heterocycles. The molecule has 56 heavy (non-hydrogen) atoms. The Balaban J connectivity index is 0.954. The molecule has 0 unspecified atom stereocenters. The molecule has 0 radical (unpaired) electrons. The standard InChI is InChI=1S/C46H63F3O7/c1-31(38-20-21-39-37-19-18-35-26-45(52,46(47,48)49)25-24-43(35,3)40(37)22-23-44(38,39)4)32(2)55-41(50)16-11-17-42(51)56-36(29-53-27-33-12-7-5-8-13-33)30-54-28-34-14-9-6-10-15-34/h5-10,12-15,31-32,35-40,52H,11,16-30H2,1-4H3/t31-,32-,35-,37+,38-,39+,40+,43+,44-,45-/m1/s1. The zero-order valence-electron chi connectivity index (χ0n) is 33.7. The highest BCUT2D eigenvalue weighted by molar-refractivity contribution is 5.72. The van der Waals surface area contributed by atoms with E-state index in [-0.39, 0.29) is 73.6 Å². The number of ether oxygens (including phenoxy) is 4. The Morgan fingerprint density at radius 1 is 0.750 bits per heavy atom. The highest BCUT2D eigenvalue weighted by atomic mass is 19.4. The number of benzene rings is 2. The summed E-state index contributed by atoms with van der Waals surface area (Å²) in [7, 11) is 0. The van der Waals surface area contributed by atoms with E-state index in [0.29, 0.717) is 49.7 Å². The van der Waals surface area contributed by atoms with Crippen LogP contribution < -0.4 is 0 Å². The number of carbonyl (C=O) groups is 2. The van der Waals surface area contributed by atoms with Crippen LogP contribution in [0, 0.1) is 46.3 Å². The lowest BCUT2D eigenvalue weighted by atomic mass is 9.43. The first-order valence-electron chi connectivity index (χ1n) is 21.0. The molecule has 310 valence electrons. The van der Waals surface area contributed by atoms with E-state index < -0.39 is 23.9 Å². The normalized spacial score (nSPS) is 32.5. The largest absolute Gasteiger partial charge is 0.462 e. The molecular weight excluding hydrogens is 721 g/mol. The highest BCUT2D eigenvalue weighted by Crippen LogP contribution is 2.69. The van der Waals surface area contributed by atoms with E-state index in [9.17, 15) is 27.9 Å². The minimum Gasteiger partial charge on any atom is -0.462 e. The highest BCUT2D eigenvalue weighted by Gasteiger charge is 2.65. The summed E-state index contributed by atoms with van der Waals surface area (Å²) in [4.78, 5) is 26.0. The van der Waals surface area contributed by atoms with E-state index in [4.69, 9.17) is 18.9 Å². The Morgan fingerprint density at radius 2 is 1.32 bits per heavy atom. The number of fused-ring (bicyclic) bond motifs is 5. The third-order valence-electron chi connectivity index (χ3n) is 14.9. The van der Waals surface area contributed by atoms with Crippen molar-refractivity contribution in [2.75, 3.05) is 13.2 Å². The van der Waals surface area contributed by atoms with Crippen LogP contribution in [0.3, 0.4) is 0 Å². The monoisotopic (exact) mass is 784 g/mol. The summed E-state index contributed by atoms with van der Waals surface area (Å²) in [6.45, 7) is 9.93. The first-order valence-corrected chi connectivity index (χ1v) is 21.0. The zero-order chi connectivity index (χ0) is 40.1. The number of esters is 2. The molecule has 4 saturated carbocycles. The Labute approximate surface area is 331 Å². The molecule has 6 rings (SSSR count). The van der Waals surface area contributed by atoms with Gasteiger partial charge in [0.05, 0.1) is 26.4 Å². The Kier molecular flexibility index (Phi) is 13.6. The van der Waals surface area contributed by atoms with Gasteiger partial charge in [-0.3, -0.25) is 9.59 Å². The molecule has 2 aromatic rings. The minimum atomic E-state index is -4.59. The molecule has 0 amide bonds. The second-order valence-electron chi connectivity index (χ2n) is 18.1. The molecule has 4 aliphatic carbocycles. The summed E-state index contributed by atoms with van der Waals surface area (Å²) in [6.07, 6.45) is 0.944. The van der Waals surface area contributed by atoms with Crippen molar-refractivity contribution in [1.29, 1.82) is 0 Å². The average Bonchev–Trinajstić information content (AvgIpc) is 3.52. The molecule has 10 atom stereocenters. The first-order chi connectivity index (χ1) is 26.6. The van der Waals surface area contributed by atoms with E-state index in [1.54, 1.807) is 0 Å². The molecule has 4 fully saturated rings. The van der Waals surface area contributed by atoms with Crippen molar-refractivity contribution in [3.8, 4) is 0 Å². The lowest BCUT2D eigenvalue weighted by Gasteiger charge is -2.62. The summed E-state index contributed by atoms with van der Waals surface area (Å²) in [6, 6.07) is 19.6. The van der Waals surface area contributed by atoms with Gasteiger partial charge >= 0.3 is 18.1 Å². The summed E-state index contributed by atoms with van der Waals surface area (Å²) < 4.78 is 64.9. The van der Waals surface area contributed by atoms with E-state index in [1.165, 1.54) is 0 Å². The summed E-state index contributed by atoms with van der Waals surface area (Å²) in [5.74, 6) is 1.04. The third kappa shape index (κ3) is 9.50. The van der Waals surface area contributed by atoms with Gasteiger partial charge in [-0.15, -0.1) is 0 Å². The van der Waals surface area contributed by atoms with Gasteiger partial charge in [0.2, 0.25) is 0 Å². The molecule has 0 bridgehead atoms. The van der Waals surface area contributed by atoms with Crippen molar-refractivity contribution >= 4 is 11.9 Å². The molecule has 7 nitrogen and oxygen atoms in total. The quantitative estimate of drug-likeness (QED) is 0.170. The molecule has 0 saturated heterocycles. The van der Waals surface area contributed by atoms with E-state index >= 15 is 0 Å². The predicted molar refractivity (Wildman–Crippen MR) is 207 cm³/mol. The Bertz CT molecular complexity index is 1540. The molecule has 1 N–H and O–H groups in total. The van der Waals surface area contributed by atoms with Crippen LogP contribution in [-0.2, 0) is 41.8 Å². The van der Waals surface area contributed by atoms with Gasteiger partial charge < -0.3 is 24.1 Å². The van der Waals surface area contributed by atoms with Crippen molar-refractivity contribution in [1.82, 2.24) is 0 Å². The topological polar surface area (TPSA) is 91.3 Å². The molecule has 4 aliphatic rings. The molecular formula is C46H63F3O7. The number of hydrogen-bond donors (Lipinski definition) is 1. The Hall–Kier alpha value is -2.95. The maximum absolute atomic E-state index is 13.8. The number of hydrogen-bond acceptors (Lipinski definition) is 7. The van der Waals surface area contributed by atoms with Crippen molar-refractivity contribution < 1.29 is 46.8 Å². The van der Waals surface area contributed by atoms with Crippen molar-refractivity contribution in [3.05, 3.63) is 71.8 Å². The predicted octanol–water partition coefficient (Wildman–Crippen LogP) is 10.0. The SMILES string of the molecule is C[C@@H]([C@H]1CC[C@H]2[C@@H]3CC[C@@H]4C[C@@](O)(C(F)(F)F)CC[C@]4(C)[C@H]3CC[C@]12C)[C@@H](C)OC(=O)CCCC(=O)OC(COCc1ccccc1)COCc1ccccc1. The van der Waals surface area contributed by atoms with Crippen LogP contribution in [0.25, 0.3) is 0 Å². The smallest absolute Gasteiger partial charge is 0.417 e. The van der Waals surface area contributed by atoms with Gasteiger partial charge in [0, 0.05) is 12.8 Å². The first kappa shape index (κ1) is 42.7. The molecule has 10 heteroatoms. The van der Waals surface area contributed by atoms with Crippen molar-refractivity contribution in [2.45, 2.75) is 142 Å². The van der Waals surface area contributed by atoms with Gasteiger partial charge in [0.1, 0.15) is 12.2 Å². The lowest BCUT2D eigenvalue weighted by Crippen LogP contribution is -2.59. The molecule has 2 aromatic carbocycles. The van der Waals surface area contributed by atoms with E-state index in [2.05, 4.69) is 20.8 Å². The second-order valence-corrected chi connectivity index (χ2v) is 18.1. The minimum absolute atomic E-state index is 0.0765. The van der Waals surface area contributed by atoms with Gasteiger partial charge in [0.15, 0.2) is 5.60 Å². The van der Waals surface area contributed by atoms with Crippen molar-refractivity contribution in [3.63, 3.8) is 0 Å². The number of alkyl halides is 3. The second kappa shape index (κ2) is 17.9. The van der Waals surface area contributed by atoms with Crippen molar-refractivity contribution in [2.24, 2.45) is 46.3 Å². The average molecular weight is 785 g/mol. The van der Waals surface area contributed by atoms with Gasteiger partial charge in [-0.05, 0) is 129 Å². The van der Waals surface area contributed by atoms with E-state index in [1.807, 2.05) is 67.6 Å². The van der Waals surface area contributed by atoms with E-state index in [0.717, 1.165) is 49.7 Å². The van der Waals surface area contributed by atoms with Gasteiger partial charge in [-0.2, -0.15) is 13.2 Å². The summed E-state index contributed by atoms with van der Waals surface area (Å²) in [5, 5.41) is 10.6. The fourth-order valence-corrected chi connectivity index (χ4v) is 11.6. The zero-order valence-corrected chi connectivity index (χ0v) is 33.7. The van der Waals surface area contributed by atoms with Crippen LogP contribution in [0.2, 0.25) is 0 Å². The van der Waals surface area contributed by atoms with Crippen LogP contribution >= 0.6 is 0 Å². The summed E-state index contributed by atoms with van der Waals surface area (Å²) >= 11 is 0. The third-order valence-corrected chi connectivity index (χ3v) is 14.9. The maximum Gasteiger partial charge on any atom is 0.417 e. The summed E-state index contributed by atoms with van der Waals surface area (Å²) in [5.41, 5.74) is -0.608. The fraction of sp³-hybridized carbons (Fsp3) is 0.696.